The van der Waals surface area contributed by atoms with Crippen molar-refractivity contribution < 1.29 is 8.42 Å². The molecule has 0 aliphatic carbocycles. The fourth-order valence-corrected chi connectivity index (χ4v) is 5.85. The maximum Gasteiger partial charge on any atom is 0.155 e. The van der Waals surface area contributed by atoms with E-state index >= 15 is 0 Å². The van der Waals surface area contributed by atoms with E-state index in [2.05, 4.69) is 11.4 Å². The van der Waals surface area contributed by atoms with Crippen LogP contribution in [0.15, 0.2) is 11.4 Å². The minimum absolute atomic E-state index is 0.0414. The summed E-state index contributed by atoms with van der Waals surface area (Å²) in [6, 6.07) is 2.01. The first-order chi connectivity index (χ1) is 8.06. The normalized spacial score (nSPS) is 25.6. The summed E-state index contributed by atoms with van der Waals surface area (Å²) >= 11 is 1.65. The van der Waals surface area contributed by atoms with Crippen LogP contribution in [0.5, 0.6) is 0 Å². The zero-order chi connectivity index (χ0) is 12.5. The summed E-state index contributed by atoms with van der Waals surface area (Å²) in [6.45, 7) is 2.05. The second-order valence-corrected chi connectivity index (χ2v) is 7.92. The van der Waals surface area contributed by atoms with Crippen LogP contribution in [-0.4, -0.2) is 26.5 Å². The summed E-state index contributed by atoms with van der Waals surface area (Å²) in [5.74, 6) is 0.347. The maximum atomic E-state index is 12.2. The van der Waals surface area contributed by atoms with E-state index in [9.17, 15) is 8.42 Å². The molecule has 1 aromatic rings. The van der Waals surface area contributed by atoms with Gasteiger partial charge in [-0.25, -0.2) is 8.42 Å². The molecule has 17 heavy (non-hydrogen) atoms. The van der Waals surface area contributed by atoms with Gasteiger partial charge in [-0.05, 0) is 43.8 Å². The van der Waals surface area contributed by atoms with Crippen LogP contribution < -0.4 is 5.32 Å². The number of rotatable bonds is 3. The first-order valence-corrected chi connectivity index (χ1v) is 8.58. The molecule has 0 spiro atoms. The molecule has 96 valence electrons. The molecule has 0 bridgehead atoms. The molecule has 0 amide bonds. The highest BCUT2D eigenvalue weighted by atomic mass is 32.2. The van der Waals surface area contributed by atoms with Crippen LogP contribution in [0.25, 0.3) is 0 Å². The van der Waals surface area contributed by atoms with E-state index in [0.29, 0.717) is 5.75 Å². The Balaban J connectivity index is 2.33. The lowest BCUT2D eigenvalue weighted by molar-refractivity contribution is 0.472. The van der Waals surface area contributed by atoms with Gasteiger partial charge in [0, 0.05) is 4.88 Å². The zero-order valence-electron chi connectivity index (χ0n) is 10.3. The first-order valence-electron chi connectivity index (χ1n) is 5.99. The molecule has 1 fully saturated rings. The van der Waals surface area contributed by atoms with Crippen LogP contribution in [0.2, 0.25) is 0 Å². The molecule has 2 rings (SSSR count). The Hall–Kier alpha value is -0.390. The molecular formula is C12H19NO2S2. The third kappa shape index (κ3) is 2.56. The Labute approximate surface area is 107 Å². The Morgan fingerprint density at radius 1 is 1.47 bits per heavy atom. The van der Waals surface area contributed by atoms with Gasteiger partial charge in [0.15, 0.2) is 9.84 Å². The number of hydrogen-bond donors (Lipinski definition) is 1. The Kier molecular flexibility index (Phi) is 3.90. The van der Waals surface area contributed by atoms with Crippen molar-refractivity contribution in [1.29, 1.82) is 0 Å². The van der Waals surface area contributed by atoms with Gasteiger partial charge in [0.25, 0.3) is 0 Å². The lowest BCUT2D eigenvalue weighted by Crippen LogP contribution is -2.39. The van der Waals surface area contributed by atoms with Crippen LogP contribution in [0, 0.1) is 6.92 Å². The largest absolute Gasteiger partial charge is 0.311 e. The Morgan fingerprint density at radius 2 is 2.24 bits per heavy atom. The molecule has 1 aliphatic rings. The summed E-state index contributed by atoms with van der Waals surface area (Å²) in [4.78, 5) is 1.17. The van der Waals surface area contributed by atoms with Crippen molar-refractivity contribution >= 4 is 21.2 Å². The molecule has 1 aliphatic heterocycles. The lowest BCUT2D eigenvalue weighted by atomic mass is 10.0. The predicted octanol–water partition coefficient (Wildman–Crippen LogP) is 2.28. The number of hydrogen-bond acceptors (Lipinski definition) is 4. The molecule has 1 saturated heterocycles. The molecule has 0 saturated carbocycles. The number of sulfone groups is 1. The standard InChI is InChI=1S/C12H19NO2S2/c1-9-6-7-16-12(9)11(13-2)10-5-3-4-8-17(10,14)15/h6-7,10-11,13H,3-5,8H2,1-2H3. The van der Waals surface area contributed by atoms with E-state index in [4.69, 9.17) is 0 Å². The molecule has 5 heteroatoms. The average Bonchev–Trinajstić information content (AvgIpc) is 2.68. The quantitative estimate of drug-likeness (QED) is 0.919. The van der Waals surface area contributed by atoms with Crippen molar-refractivity contribution in [3.63, 3.8) is 0 Å². The summed E-state index contributed by atoms with van der Waals surface area (Å²) in [6.07, 6.45) is 2.62. The van der Waals surface area contributed by atoms with Gasteiger partial charge >= 0.3 is 0 Å². The van der Waals surface area contributed by atoms with Gasteiger partial charge in [0.05, 0.1) is 17.0 Å². The van der Waals surface area contributed by atoms with Gasteiger partial charge in [-0.15, -0.1) is 11.3 Å². The van der Waals surface area contributed by atoms with E-state index in [-0.39, 0.29) is 11.3 Å². The average molecular weight is 273 g/mol. The van der Waals surface area contributed by atoms with Crippen LogP contribution in [0.4, 0.5) is 0 Å². The monoisotopic (exact) mass is 273 g/mol. The van der Waals surface area contributed by atoms with Gasteiger partial charge in [-0.3, -0.25) is 0 Å². The van der Waals surface area contributed by atoms with E-state index in [0.717, 1.165) is 19.3 Å². The van der Waals surface area contributed by atoms with Crippen LogP contribution >= 0.6 is 11.3 Å². The van der Waals surface area contributed by atoms with Crippen molar-refractivity contribution in [3.05, 3.63) is 21.9 Å². The van der Waals surface area contributed by atoms with Crippen LogP contribution in [0.3, 0.4) is 0 Å². The summed E-state index contributed by atoms with van der Waals surface area (Å²) in [7, 11) is -1.08. The van der Waals surface area contributed by atoms with E-state index < -0.39 is 9.84 Å². The second kappa shape index (κ2) is 5.08. The second-order valence-electron chi connectivity index (χ2n) is 4.64. The van der Waals surface area contributed by atoms with Gasteiger partial charge in [-0.1, -0.05) is 6.42 Å². The summed E-state index contributed by atoms with van der Waals surface area (Å²) < 4.78 is 24.3. The van der Waals surface area contributed by atoms with Crippen molar-refractivity contribution in [1.82, 2.24) is 5.32 Å². The van der Waals surface area contributed by atoms with Gasteiger partial charge < -0.3 is 5.32 Å². The predicted molar refractivity (Wildman–Crippen MR) is 72.3 cm³/mol. The zero-order valence-corrected chi connectivity index (χ0v) is 11.9. The molecule has 2 unspecified atom stereocenters. The van der Waals surface area contributed by atoms with E-state index in [1.54, 1.807) is 11.3 Å². The minimum Gasteiger partial charge on any atom is -0.311 e. The van der Waals surface area contributed by atoms with E-state index in [1.807, 2.05) is 19.4 Å². The number of aryl methyl sites for hydroxylation is 1. The third-order valence-corrected chi connectivity index (χ3v) is 6.89. The Bertz CT molecular complexity index is 478. The molecule has 1 N–H and O–H groups in total. The fraction of sp³-hybridized carbons (Fsp3) is 0.667. The van der Waals surface area contributed by atoms with Gasteiger partial charge in [0.1, 0.15) is 0 Å². The highest BCUT2D eigenvalue weighted by Crippen LogP contribution is 2.34. The smallest absolute Gasteiger partial charge is 0.155 e. The summed E-state index contributed by atoms with van der Waals surface area (Å²) in [5.41, 5.74) is 1.19. The van der Waals surface area contributed by atoms with Crippen LogP contribution in [0.1, 0.15) is 35.7 Å². The summed E-state index contributed by atoms with van der Waals surface area (Å²) in [5, 5.41) is 4.98. The van der Waals surface area contributed by atoms with Crippen molar-refractivity contribution in [3.8, 4) is 0 Å². The molecule has 1 aromatic heterocycles. The minimum atomic E-state index is -2.93. The highest BCUT2D eigenvalue weighted by molar-refractivity contribution is 7.92. The number of thiophene rings is 1. The SMILES string of the molecule is CNC(c1sccc1C)C1CCCCS1(=O)=O. The molecule has 2 atom stereocenters. The molecular weight excluding hydrogens is 254 g/mol. The first kappa shape index (κ1) is 13.1. The number of nitrogens with one attached hydrogen (secondary N) is 1. The van der Waals surface area contributed by atoms with Crippen molar-refractivity contribution in [2.45, 2.75) is 37.5 Å². The van der Waals surface area contributed by atoms with Crippen LogP contribution in [-0.2, 0) is 9.84 Å². The topological polar surface area (TPSA) is 46.2 Å². The molecule has 2 heterocycles. The highest BCUT2D eigenvalue weighted by Gasteiger charge is 2.36. The molecule has 3 nitrogen and oxygen atoms in total. The van der Waals surface area contributed by atoms with Gasteiger partial charge in [0.2, 0.25) is 0 Å². The van der Waals surface area contributed by atoms with E-state index in [1.165, 1.54) is 10.4 Å². The van der Waals surface area contributed by atoms with Crippen molar-refractivity contribution in [2.24, 2.45) is 0 Å². The lowest BCUT2D eigenvalue weighted by Gasteiger charge is -2.29. The molecule has 0 aromatic carbocycles. The van der Waals surface area contributed by atoms with Crippen molar-refractivity contribution in [2.75, 3.05) is 12.8 Å². The van der Waals surface area contributed by atoms with Gasteiger partial charge in [-0.2, -0.15) is 0 Å². The third-order valence-electron chi connectivity index (χ3n) is 3.50. The molecule has 0 radical (unpaired) electrons. The Morgan fingerprint density at radius 3 is 2.76 bits per heavy atom. The maximum absolute atomic E-state index is 12.2. The fourth-order valence-electron chi connectivity index (χ4n) is 2.54.